The second kappa shape index (κ2) is 13.0. The van der Waals surface area contributed by atoms with Crippen molar-refractivity contribution in [2.24, 2.45) is 0 Å². The molecule has 0 radical (unpaired) electrons. The molecule has 0 saturated carbocycles. The number of anilines is 2. The lowest BCUT2D eigenvalue weighted by molar-refractivity contribution is -0.146. The molecule has 3 aromatic carbocycles. The van der Waals surface area contributed by atoms with Crippen LogP contribution in [-0.2, 0) is 9.53 Å². The molecule has 0 saturated heterocycles. The standard InChI is InChI=1S/C32H38FN3O6/c1-17-13-18(2)27(19(3)14-17)36-31(40)34-25-16-22(21-10-12-26(41-8)24(33)15-21)9-11-23(25)29(37)35-28(30(38)39)20(4)42-32(5,6)7/h9-16,20,28H,1-8H3,(H,35,37)(H,38,39)(H2,34,36,40)/t20?,28-/m0/s1. The third-order valence-electron chi connectivity index (χ3n) is 6.47. The van der Waals surface area contributed by atoms with Gasteiger partial charge in [-0.15, -0.1) is 0 Å². The Kier molecular flexibility index (Phi) is 9.95. The Balaban J connectivity index is 2.00. The van der Waals surface area contributed by atoms with Gasteiger partial charge in [0.15, 0.2) is 17.6 Å². The van der Waals surface area contributed by atoms with Gasteiger partial charge in [-0.3, -0.25) is 4.79 Å². The van der Waals surface area contributed by atoms with Gasteiger partial charge in [-0.2, -0.15) is 0 Å². The predicted octanol–water partition coefficient (Wildman–Crippen LogP) is 6.46. The number of methoxy groups -OCH3 is 1. The number of amides is 3. The topological polar surface area (TPSA) is 126 Å². The quantitative estimate of drug-likeness (QED) is 0.231. The van der Waals surface area contributed by atoms with Crippen LogP contribution < -0.4 is 20.7 Å². The van der Waals surface area contributed by atoms with Crippen LogP contribution in [0.5, 0.6) is 5.75 Å². The summed E-state index contributed by atoms with van der Waals surface area (Å²) in [6, 6.07) is 10.8. The molecule has 42 heavy (non-hydrogen) atoms. The van der Waals surface area contributed by atoms with Crippen molar-refractivity contribution < 1.29 is 33.4 Å². The number of nitrogens with one attached hydrogen (secondary N) is 3. The Morgan fingerprint density at radius 2 is 1.50 bits per heavy atom. The molecule has 0 aliphatic heterocycles. The molecule has 9 nitrogen and oxygen atoms in total. The van der Waals surface area contributed by atoms with Crippen molar-refractivity contribution in [3.63, 3.8) is 0 Å². The molecule has 2 atom stereocenters. The van der Waals surface area contributed by atoms with Gasteiger partial charge in [-0.05, 0) is 95.0 Å². The lowest BCUT2D eigenvalue weighted by atomic mass is 10.0. The minimum atomic E-state index is -1.37. The van der Waals surface area contributed by atoms with E-state index in [2.05, 4.69) is 16.0 Å². The fraction of sp³-hybridized carbons (Fsp3) is 0.344. The van der Waals surface area contributed by atoms with Crippen LogP contribution in [0.2, 0.25) is 0 Å². The molecule has 3 aromatic rings. The second-order valence-corrected chi connectivity index (χ2v) is 11.2. The van der Waals surface area contributed by atoms with Gasteiger partial charge in [0.05, 0.1) is 30.1 Å². The minimum absolute atomic E-state index is 0.00874. The van der Waals surface area contributed by atoms with Gasteiger partial charge in [0.25, 0.3) is 5.91 Å². The second-order valence-electron chi connectivity index (χ2n) is 11.2. The van der Waals surface area contributed by atoms with Gasteiger partial charge >= 0.3 is 12.0 Å². The van der Waals surface area contributed by atoms with Crippen molar-refractivity contribution in [1.82, 2.24) is 5.32 Å². The van der Waals surface area contributed by atoms with Crippen molar-refractivity contribution in [2.45, 2.75) is 66.2 Å². The molecule has 0 fully saturated rings. The Hall–Kier alpha value is -4.44. The summed E-state index contributed by atoms with van der Waals surface area (Å²) in [4.78, 5) is 38.7. The van der Waals surface area contributed by atoms with Crippen LogP contribution in [0, 0.1) is 26.6 Å². The third kappa shape index (κ3) is 8.07. The SMILES string of the molecule is COc1ccc(-c2ccc(C(=O)N[C@H](C(=O)O)C(C)OC(C)(C)C)c(NC(=O)Nc3c(C)cc(C)cc3C)c2)cc1F. The monoisotopic (exact) mass is 579 g/mol. The molecular formula is C32H38FN3O6. The first-order chi connectivity index (χ1) is 19.6. The van der Waals surface area contributed by atoms with Crippen LogP contribution in [-0.4, -0.2) is 47.9 Å². The van der Waals surface area contributed by atoms with E-state index in [-0.39, 0.29) is 17.0 Å². The maximum absolute atomic E-state index is 14.5. The van der Waals surface area contributed by atoms with Crippen LogP contribution >= 0.6 is 0 Å². The van der Waals surface area contributed by atoms with Crippen molar-refractivity contribution in [3.05, 3.63) is 76.6 Å². The Bertz CT molecular complexity index is 1480. The van der Waals surface area contributed by atoms with Crippen molar-refractivity contribution in [1.29, 1.82) is 0 Å². The van der Waals surface area contributed by atoms with E-state index in [0.29, 0.717) is 16.8 Å². The Labute approximate surface area is 245 Å². The highest BCUT2D eigenvalue weighted by molar-refractivity contribution is 6.08. The number of rotatable bonds is 9. The number of carboxylic acids is 1. The summed E-state index contributed by atoms with van der Waals surface area (Å²) < 4.78 is 25.3. The lowest BCUT2D eigenvalue weighted by Crippen LogP contribution is -2.50. The van der Waals surface area contributed by atoms with Crippen LogP contribution in [0.25, 0.3) is 11.1 Å². The van der Waals surface area contributed by atoms with Gasteiger partial charge in [0.2, 0.25) is 0 Å². The highest BCUT2D eigenvalue weighted by atomic mass is 19.1. The molecule has 10 heteroatoms. The molecule has 0 heterocycles. The molecule has 0 aliphatic carbocycles. The van der Waals surface area contributed by atoms with E-state index >= 15 is 0 Å². The maximum Gasteiger partial charge on any atom is 0.328 e. The number of carbonyl (C=O) groups excluding carboxylic acids is 2. The van der Waals surface area contributed by atoms with Crippen molar-refractivity contribution >= 4 is 29.3 Å². The average Bonchev–Trinajstić information content (AvgIpc) is 2.87. The molecular weight excluding hydrogens is 541 g/mol. The molecule has 3 amide bonds. The van der Waals surface area contributed by atoms with E-state index in [1.54, 1.807) is 39.8 Å². The average molecular weight is 580 g/mol. The number of carboxylic acid groups (broad SMARTS) is 1. The number of halogens is 1. The number of hydrogen-bond acceptors (Lipinski definition) is 5. The molecule has 3 rings (SSSR count). The largest absolute Gasteiger partial charge is 0.494 e. The van der Waals surface area contributed by atoms with Crippen LogP contribution in [0.3, 0.4) is 0 Å². The zero-order valence-corrected chi connectivity index (χ0v) is 25.1. The van der Waals surface area contributed by atoms with Crippen LogP contribution in [0.4, 0.5) is 20.6 Å². The van der Waals surface area contributed by atoms with Gasteiger partial charge in [0.1, 0.15) is 0 Å². The Morgan fingerprint density at radius 1 is 0.905 bits per heavy atom. The maximum atomic E-state index is 14.5. The summed E-state index contributed by atoms with van der Waals surface area (Å²) in [5.41, 5.74) is 3.83. The summed E-state index contributed by atoms with van der Waals surface area (Å²) in [5, 5.41) is 17.9. The lowest BCUT2D eigenvalue weighted by Gasteiger charge is -2.29. The fourth-order valence-corrected chi connectivity index (χ4v) is 4.74. The normalized spacial score (nSPS) is 12.7. The molecule has 1 unspecified atom stereocenters. The molecule has 4 N–H and O–H groups in total. The number of ether oxygens (including phenoxy) is 2. The zero-order valence-electron chi connectivity index (χ0n) is 25.1. The van der Waals surface area contributed by atoms with Crippen molar-refractivity contribution in [2.75, 3.05) is 17.7 Å². The summed E-state index contributed by atoms with van der Waals surface area (Å²) in [6.07, 6.45) is -0.861. The fourth-order valence-electron chi connectivity index (χ4n) is 4.74. The molecule has 0 aliphatic rings. The first-order valence-electron chi connectivity index (χ1n) is 13.4. The first kappa shape index (κ1) is 32.1. The van der Waals surface area contributed by atoms with Gasteiger partial charge in [0, 0.05) is 5.69 Å². The minimum Gasteiger partial charge on any atom is -0.494 e. The number of carbonyl (C=O) groups is 3. The number of aryl methyl sites for hydroxylation is 3. The number of aliphatic carboxylic acids is 1. The smallest absolute Gasteiger partial charge is 0.328 e. The zero-order chi connectivity index (χ0) is 31.4. The molecule has 0 bridgehead atoms. The molecule has 0 aromatic heterocycles. The molecule has 224 valence electrons. The highest BCUT2D eigenvalue weighted by Gasteiger charge is 2.31. The van der Waals surface area contributed by atoms with E-state index in [4.69, 9.17) is 9.47 Å². The van der Waals surface area contributed by atoms with Crippen LogP contribution in [0.15, 0.2) is 48.5 Å². The van der Waals surface area contributed by atoms with Crippen LogP contribution in [0.1, 0.15) is 54.7 Å². The summed E-state index contributed by atoms with van der Waals surface area (Å²) >= 11 is 0. The molecule has 0 spiro atoms. The first-order valence-corrected chi connectivity index (χ1v) is 13.4. The van der Waals surface area contributed by atoms with E-state index in [9.17, 15) is 23.9 Å². The van der Waals surface area contributed by atoms with E-state index in [0.717, 1.165) is 16.7 Å². The summed E-state index contributed by atoms with van der Waals surface area (Å²) in [6.45, 7) is 12.6. The predicted molar refractivity (Wildman–Crippen MR) is 161 cm³/mol. The van der Waals surface area contributed by atoms with E-state index in [1.807, 2.05) is 32.9 Å². The van der Waals surface area contributed by atoms with Gasteiger partial charge in [-0.25, -0.2) is 14.0 Å². The Morgan fingerprint density at radius 3 is 2.05 bits per heavy atom. The van der Waals surface area contributed by atoms with E-state index in [1.165, 1.54) is 31.4 Å². The number of hydrogen-bond donors (Lipinski definition) is 4. The summed E-state index contributed by atoms with van der Waals surface area (Å²) in [5.74, 6) is -2.52. The highest BCUT2D eigenvalue weighted by Crippen LogP contribution is 2.30. The summed E-state index contributed by atoms with van der Waals surface area (Å²) in [7, 11) is 1.36. The number of benzene rings is 3. The number of urea groups is 1. The van der Waals surface area contributed by atoms with Gasteiger partial charge in [-0.1, -0.05) is 29.8 Å². The van der Waals surface area contributed by atoms with E-state index < -0.39 is 41.5 Å². The van der Waals surface area contributed by atoms with Crippen molar-refractivity contribution in [3.8, 4) is 16.9 Å². The third-order valence-corrected chi connectivity index (χ3v) is 6.47. The van der Waals surface area contributed by atoms with Gasteiger partial charge < -0.3 is 30.5 Å².